The number of nitrogens with two attached hydrogens (primary N) is 1. The summed E-state index contributed by atoms with van der Waals surface area (Å²) in [7, 11) is 3.13. The first-order chi connectivity index (χ1) is 8.63. The Morgan fingerprint density at radius 1 is 1.44 bits per heavy atom. The van der Waals surface area contributed by atoms with E-state index < -0.39 is 0 Å². The van der Waals surface area contributed by atoms with Crippen molar-refractivity contribution in [3.63, 3.8) is 0 Å². The third-order valence-corrected chi connectivity index (χ3v) is 2.73. The second-order valence-corrected chi connectivity index (χ2v) is 3.96. The van der Waals surface area contributed by atoms with Gasteiger partial charge in [0.15, 0.2) is 0 Å². The van der Waals surface area contributed by atoms with Gasteiger partial charge in [0.2, 0.25) is 0 Å². The average molecular weight is 252 g/mol. The van der Waals surface area contributed by atoms with Crippen LogP contribution >= 0.6 is 0 Å². The maximum absolute atomic E-state index is 12.1. The van der Waals surface area contributed by atoms with E-state index in [-0.39, 0.29) is 11.9 Å². The normalized spacial score (nSPS) is 11.9. The monoisotopic (exact) mass is 252 g/mol. The van der Waals surface area contributed by atoms with Gasteiger partial charge in [0.05, 0.1) is 31.0 Å². The number of methoxy groups -OCH3 is 2. The number of ether oxygens (including phenoxy) is 2. The molecule has 0 bridgehead atoms. The fourth-order valence-electron chi connectivity index (χ4n) is 1.65. The van der Waals surface area contributed by atoms with E-state index in [4.69, 9.17) is 15.2 Å². The van der Waals surface area contributed by atoms with Crippen molar-refractivity contribution in [2.75, 3.05) is 26.6 Å². The number of carbonyl (C=O) groups is 1. The number of para-hydroxylation sites is 1. The Morgan fingerprint density at radius 3 is 2.72 bits per heavy atom. The zero-order valence-corrected chi connectivity index (χ0v) is 11.0. The van der Waals surface area contributed by atoms with Gasteiger partial charge in [0.25, 0.3) is 5.91 Å². The minimum absolute atomic E-state index is 0.0203. The molecule has 18 heavy (non-hydrogen) atoms. The van der Waals surface area contributed by atoms with Crippen LogP contribution in [0.3, 0.4) is 0 Å². The number of hydrogen-bond acceptors (Lipinski definition) is 4. The fraction of sp³-hybridized carbons (Fsp3) is 0.462. The number of nitrogens with one attached hydrogen (secondary N) is 1. The van der Waals surface area contributed by atoms with Gasteiger partial charge >= 0.3 is 0 Å². The van der Waals surface area contributed by atoms with Crippen LogP contribution in [-0.2, 0) is 4.74 Å². The lowest BCUT2D eigenvalue weighted by atomic mass is 10.1. The molecule has 1 rings (SSSR count). The summed E-state index contributed by atoms with van der Waals surface area (Å²) >= 11 is 0. The van der Waals surface area contributed by atoms with Crippen LogP contribution in [0.5, 0.6) is 5.75 Å². The molecule has 0 fully saturated rings. The minimum Gasteiger partial charge on any atom is -0.495 e. The van der Waals surface area contributed by atoms with Gasteiger partial charge in [0.1, 0.15) is 5.75 Å². The number of hydrogen-bond donors (Lipinski definition) is 2. The second kappa shape index (κ2) is 6.86. The van der Waals surface area contributed by atoms with E-state index in [1.807, 2.05) is 6.92 Å². The Hall–Kier alpha value is -1.75. The zero-order valence-electron chi connectivity index (χ0n) is 11.0. The van der Waals surface area contributed by atoms with Crippen molar-refractivity contribution < 1.29 is 14.3 Å². The summed E-state index contributed by atoms with van der Waals surface area (Å²) < 4.78 is 10.1. The van der Waals surface area contributed by atoms with E-state index in [0.29, 0.717) is 23.6 Å². The smallest absolute Gasteiger partial charge is 0.253 e. The molecule has 1 unspecified atom stereocenters. The highest BCUT2D eigenvalue weighted by atomic mass is 16.5. The van der Waals surface area contributed by atoms with Crippen molar-refractivity contribution in [1.29, 1.82) is 0 Å². The summed E-state index contributed by atoms with van der Waals surface area (Å²) in [6, 6.07) is 5.11. The van der Waals surface area contributed by atoms with Crippen molar-refractivity contribution in [2.24, 2.45) is 0 Å². The molecular weight excluding hydrogens is 232 g/mol. The molecular formula is C13H20N2O3. The van der Waals surface area contributed by atoms with Crippen molar-refractivity contribution in [1.82, 2.24) is 5.32 Å². The molecule has 0 aliphatic carbocycles. The molecule has 0 spiro atoms. The molecule has 1 atom stereocenters. The average Bonchev–Trinajstić information content (AvgIpc) is 2.38. The van der Waals surface area contributed by atoms with E-state index in [2.05, 4.69) is 5.32 Å². The quantitative estimate of drug-likeness (QED) is 0.751. The molecule has 0 heterocycles. The van der Waals surface area contributed by atoms with Crippen LogP contribution in [0.1, 0.15) is 23.7 Å². The number of nitrogen functional groups attached to an aromatic ring is 1. The standard InChI is InChI=1S/C13H20N2O3/c1-4-9(8-17-2)15-13(16)10-6-5-7-11(18-3)12(10)14/h5-7,9H,4,8,14H2,1-3H3,(H,15,16). The summed E-state index contributed by atoms with van der Waals surface area (Å²) in [5.41, 5.74) is 6.64. The third kappa shape index (κ3) is 3.37. The zero-order chi connectivity index (χ0) is 13.5. The lowest BCUT2D eigenvalue weighted by Gasteiger charge is -2.17. The molecule has 5 heteroatoms. The van der Waals surface area contributed by atoms with Crippen molar-refractivity contribution >= 4 is 11.6 Å². The van der Waals surface area contributed by atoms with Crippen LogP contribution in [0.15, 0.2) is 18.2 Å². The maximum Gasteiger partial charge on any atom is 0.253 e. The van der Waals surface area contributed by atoms with Gasteiger partial charge in [-0.05, 0) is 18.6 Å². The molecule has 0 saturated heterocycles. The van der Waals surface area contributed by atoms with Crippen LogP contribution in [0, 0.1) is 0 Å². The molecule has 0 saturated carbocycles. The number of rotatable bonds is 6. The van der Waals surface area contributed by atoms with Gasteiger partial charge < -0.3 is 20.5 Å². The first-order valence-corrected chi connectivity index (χ1v) is 5.86. The largest absolute Gasteiger partial charge is 0.495 e. The number of amides is 1. The van der Waals surface area contributed by atoms with Crippen LogP contribution < -0.4 is 15.8 Å². The molecule has 0 aliphatic rings. The molecule has 0 radical (unpaired) electrons. The minimum atomic E-state index is -0.213. The third-order valence-electron chi connectivity index (χ3n) is 2.73. The van der Waals surface area contributed by atoms with Crippen LogP contribution in [0.4, 0.5) is 5.69 Å². The van der Waals surface area contributed by atoms with Gasteiger partial charge in [-0.1, -0.05) is 13.0 Å². The highest BCUT2D eigenvalue weighted by Crippen LogP contribution is 2.24. The SMILES string of the molecule is CCC(COC)NC(=O)c1cccc(OC)c1N. The van der Waals surface area contributed by atoms with Crippen molar-refractivity contribution in [2.45, 2.75) is 19.4 Å². The molecule has 5 nitrogen and oxygen atoms in total. The molecule has 0 aromatic heterocycles. The van der Waals surface area contributed by atoms with Gasteiger partial charge in [-0.3, -0.25) is 4.79 Å². The summed E-state index contributed by atoms with van der Waals surface area (Å²) in [6.45, 7) is 2.46. The summed E-state index contributed by atoms with van der Waals surface area (Å²) in [5, 5.41) is 2.88. The van der Waals surface area contributed by atoms with Gasteiger partial charge in [-0.15, -0.1) is 0 Å². The Balaban J connectivity index is 2.84. The van der Waals surface area contributed by atoms with Crippen molar-refractivity contribution in [3.8, 4) is 5.75 Å². The molecule has 1 aromatic rings. The molecule has 100 valence electrons. The topological polar surface area (TPSA) is 73.6 Å². The first kappa shape index (κ1) is 14.3. The van der Waals surface area contributed by atoms with E-state index in [1.165, 1.54) is 7.11 Å². The summed E-state index contributed by atoms with van der Waals surface area (Å²) in [5.74, 6) is 0.290. The first-order valence-electron chi connectivity index (χ1n) is 5.86. The fourth-order valence-corrected chi connectivity index (χ4v) is 1.65. The van der Waals surface area contributed by atoms with Gasteiger partial charge in [-0.25, -0.2) is 0 Å². The van der Waals surface area contributed by atoms with Crippen LogP contribution in [-0.4, -0.2) is 32.8 Å². The number of benzene rings is 1. The number of anilines is 1. The lowest BCUT2D eigenvalue weighted by Crippen LogP contribution is -2.37. The van der Waals surface area contributed by atoms with E-state index >= 15 is 0 Å². The van der Waals surface area contributed by atoms with Crippen molar-refractivity contribution in [3.05, 3.63) is 23.8 Å². The Bertz CT molecular complexity index is 407. The Labute approximate surface area is 107 Å². The predicted octanol–water partition coefficient (Wildman–Crippen LogP) is 1.43. The van der Waals surface area contributed by atoms with Gasteiger partial charge in [0, 0.05) is 7.11 Å². The molecule has 1 amide bonds. The number of carbonyl (C=O) groups excluding carboxylic acids is 1. The van der Waals surface area contributed by atoms with E-state index in [0.717, 1.165) is 6.42 Å². The maximum atomic E-state index is 12.1. The highest BCUT2D eigenvalue weighted by molar-refractivity contribution is 6.00. The molecule has 3 N–H and O–H groups in total. The van der Waals surface area contributed by atoms with Crippen LogP contribution in [0.25, 0.3) is 0 Å². The molecule has 1 aromatic carbocycles. The predicted molar refractivity (Wildman–Crippen MR) is 70.8 cm³/mol. The summed E-state index contributed by atoms with van der Waals surface area (Å²) in [4.78, 5) is 12.1. The lowest BCUT2D eigenvalue weighted by molar-refractivity contribution is 0.0895. The van der Waals surface area contributed by atoms with Crippen LogP contribution in [0.2, 0.25) is 0 Å². The van der Waals surface area contributed by atoms with Gasteiger partial charge in [-0.2, -0.15) is 0 Å². The van der Waals surface area contributed by atoms with E-state index in [9.17, 15) is 4.79 Å². The molecule has 0 aliphatic heterocycles. The summed E-state index contributed by atoms with van der Waals surface area (Å²) in [6.07, 6.45) is 0.795. The Morgan fingerprint density at radius 2 is 2.17 bits per heavy atom. The second-order valence-electron chi connectivity index (χ2n) is 3.96. The van der Waals surface area contributed by atoms with E-state index in [1.54, 1.807) is 25.3 Å². The Kier molecular flexibility index (Phi) is 5.45. The highest BCUT2D eigenvalue weighted by Gasteiger charge is 2.16.